The van der Waals surface area contributed by atoms with Crippen LogP contribution in [0.5, 0.6) is 0 Å². The Labute approximate surface area is 91.6 Å². The molecule has 0 radical (unpaired) electrons. The average molecular weight is 211 g/mol. The topological polar surface area (TPSA) is 49.3 Å². The Hall–Kier alpha value is -0.830. The smallest absolute Gasteiger partial charge is 0.328 e. The summed E-state index contributed by atoms with van der Waals surface area (Å²) >= 11 is 0. The van der Waals surface area contributed by atoms with Crippen LogP contribution in [0.4, 0.5) is 0 Å². The second-order valence-electron chi connectivity index (χ2n) is 4.40. The Bertz CT molecular complexity index is 228. The van der Waals surface area contributed by atoms with E-state index in [1.165, 1.54) is 44.6 Å². The van der Waals surface area contributed by atoms with E-state index in [9.17, 15) is 4.79 Å². The molecule has 1 rings (SSSR count). The van der Waals surface area contributed by atoms with Gasteiger partial charge < -0.3 is 10.4 Å². The third-order valence-electron chi connectivity index (χ3n) is 2.89. The lowest BCUT2D eigenvalue weighted by atomic mass is 10.1. The zero-order valence-corrected chi connectivity index (χ0v) is 9.46. The van der Waals surface area contributed by atoms with Crippen LogP contribution >= 0.6 is 0 Å². The van der Waals surface area contributed by atoms with Gasteiger partial charge in [0.2, 0.25) is 0 Å². The molecule has 0 amide bonds. The summed E-state index contributed by atoms with van der Waals surface area (Å²) in [4.78, 5) is 10.4. The second kappa shape index (κ2) is 6.62. The minimum atomic E-state index is -0.852. The van der Waals surface area contributed by atoms with Gasteiger partial charge in [-0.05, 0) is 19.8 Å². The molecule has 3 heteroatoms. The molecule has 1 aliphatic carbocycles. The minimum absolute atomic E-state index is 0.588. The molecule has 3 nitrogen and oxygen atoms in total. The van der Waals surface area contributed by atoms with Gasteiger partial charge in [0.1, 0.15) is 0 Å². The summed E-state index contributed by atoms with van der Waals surface area (Å²) < 4.78 is 0. The number of carboxylic acids is 1. The predicted octanol–water partition coefficient (Wildman–Crippen LogP) is 2.33. The number of carbonyl (C=O) groups is 1. The molecule has 0 aromatic rings. The van der Waals surface area contributed by atoms with Crippen LogP contribution in [0.25, 0.3) is 0 Å². The highest BCUT2D eigenvalue weighted by molar-refractivity contribution is 5.80. The number of rotatable bonds is 4. The molecule has 0 atom stereocenters. The Morgan fingerprint density at radius 3 is 2.47 bits per heavy atom. The molecule has 1 aliphatic rings. The zero-order chi connectivity index (χ0) is 11.1. The summed E-state index contributed by atoms with van der Waals surface area (Å²) in [5.74, 6) is -0.852. The van der Waals surface area contributed by atoms with Gasteiger partial charge in [-0.1, -0.05) is 31.3 Å². The Balaban J connectivity index is 2.25. The van der Waals surface area contributed by atoms with Crippen molar-refractivity contribution in [2.24, 2.45) is 0 Å². The van der Waals surface area contributed by atoms with E-state index in [2.05, 4.69) is 5.32 Å². The lowest BCUT2D eigenvalue weighted by molar-refractivity contribution is -0.131. The molecule has 0 saturated heterocycles. The summed E-state index contributed by atoms with van der Waals surface area (Å²) in [6, 6.07) is 0.588. The monoisotopic (exact) mass is 211 g/mol. The van der Waals surface area contributed by atoms with E-state index in [0.717, 1.165) is 5.57 Å². The summed E-state index contributed by atoms with van der Waals surface area (Å²) in [5, 5.41) is 12.0. The maximum Gasteiger partial charge on any atom is 0.328 e. The quantitative estimate of drug-likeness (QED) is 0.554. The summed E-state index contributed by atoms with van der Waals surface area (Å²) in [5.41, 5.74) is 0.895. The molecule has 0 bridgehead atoms. The third kappa shape index (κ3) is 5.57. The van der Waals surface area contributed by atoms with Crippen molar-refractivity contribution in [3.05, 3.63) is 11.6 Å². The van der Waals surface area contributed by atoms with E-state index in [1.807, 2.05) is 6.92 Å². The Kier molecular flexibility index (Phi) is 5.40. The van der Waals surface area contributed by atoms with Crippen LogP contribution in [-0.4, -0.2) is 23.7 Å². The first-order chi connectivity index (χ1) is 7.18. The fourth-order valence-electron chi connectivity index (χ4n) is 2.05. The molecule has 1 fully saturated rings. The van der Waals surface area contributed by atoms with E-state index in [0.29, 0.717) is 12.6 Å². The van der Waals surface area contributed by atoms with Gasteiger partial charge in [0.25, 0.3) is 0 Å². The second-order valence-corrected chi connectivity index (χ2v) is 4.40. The van der Waals surface area contributed by atoms with Crippen molar-refractivity contribution in [2.45, 2.75) is 51.5 Å². The molecule has 1 saturated carbocycles. The molecule has 0 heterocycles. The number of aliphatic carboxylic acids is 1. The minimum Gasteiger partial charge on any atom is -0.478 e. The first-order valence-electron chi connectivity index (χ1n) is 5.82. The highest BCUT2D eigenvalue weighted by Gasteiger charge is 2.11. The maximum atomic E-state index is 10.4. The molecule has 0 aromatic heterocycles. The predicted molar refractivity (Wildman–Crippen MR) is 60.9 cm³/mol. The maximum absolute atomic E-state index is 10.4. The highest BCUT2D eigenvalue weighted by Crippen LogP contribution is 2.17. The SMILES string of the molecule is CC(=CC(=O)O)CNC1CCCCCC1. The van der Waals surface area contributed by atoms with Crippen molar-refractivity contribution in [1.29, 1.82) is 0 Å². The Morgan fingerprint density at radius 1 is 1.33 bits per heavy atom. The van der Waals surface area contributed by atoms with Crippen molar-refractivity contribution in [2.75, 3.05) is 6.54 Å². The lowest BCUT2D eigenvalue weighted by Gasteiger charge is -2.16. The van der Waals surface area contributed by atoms with Gasteiger partial charge in [0, 0.05) is 18.7 Å². The number of nitrogens with one attached hydrogen (secondary N) is 1. The van der Waals surface area contributed by atoms with Crippen molar-refractivity contribution < 1.29 is 9.90 Å². The van der Waals surface area contributed by atoms with Crippen LogP contribution < -0.4 is 5.32 Å². The van der Waals surface area contributed by atoms with E-state index in [4.69, 9.17) is 5.11 Å². The molecular formula is C12H21NO2. The van der Waals surface area contributed by atoms with E-state index >= 15 is 0 Å². The van der Waals surface area contributed by atoms with E-state index < -0.39 is 5.97 Å². The third-order valence-corrected chi connectivity index (χ3v) is 2.89. The van der Waals surface area contributed by atoms with Crippen LogP contribution in [-0.2, 0) is 4.79 Å². The van der Waals surface area contributed by atoms with Crippen molar-refractivity contribution in [1.82, 2.24) is 5.32 Å². The van der Waals surface area contributed by atoms with Crippen molar-refractivity contribution in [3.8, 4) is 0 Å². The molecule has 0 aliphatic heterocycles. The van der Waals surface area contributed by atoms with Crippen LogP contribution in [0.1, 0.15) is 45.4 Å². The normalized spacial score (nSPS) is 19.9. The fraction of sp³-hybridized carbons (Fsp3) is 0.750. The van der Waals surface area contributed by atoms with Crippen LogP contribution in [0.15, 0.2) is 11.6 Å². The average Bonchev–Trinajstić information content (AvgIpc) is 2.41. The van der Waals surface area contributed by atoms with Crippen LogP contribution in [0, 0.1) is 0 Å². The molecular weight excluding hydrogens is 190 g/mol. The summed E-state index contributed by atoms with van der Waals surface area (Å²) in [7, 11) is 0. The number of hydrogen-bond donors (Lipinski definition) is 2. The van der Waals surface area contributed by atoms with Gasteiger partial charge in [-0.25, -0.2) is 4.79 Å². The summed E-state index contributed by atoms with van der Waals surface area (Å²) in [6.07, 6.45) is 9.06. The van der Waals surface area contributed by atoms with Gasteiger partial charge in [-0.3, -0.25) is 0 Å². The molecule has 15 heavy (non-hydrogen) atoms. The zero-order valence-electron chi connectivity index (χ0n) is 9.46. The first-order valence-corrected chi connectivity index (χ1v) is 5.82. The van der Waals surface area contributed by atoms with E-state index in [-0.39, 0.29) is 0 Å². The standard InChI is InChI=1S/C12H21NO2/c1-10(8-12(14)15)9-13-11-6-4-2-3-5-7-11/h8,11,13H,2-7,9H2,1H3,(H,14,15). The summed E-state index contributed by atoms with van der Waals surface area (Å²) in [6.45, 7) is 2.56. The molecule has 86 valence electrons. The molecule has 0 spiro atoms. The van der Waals surface area contributed by atoms with Gasteiger partial charge in [0.15, 0.2) is 0 Å². The molecule has 0 unspecified atom stereocenters. The molecule has 2 N–H and O–H groups in total. The van der Waals surface area contributed by atoms with Gasteiger partial charge in [-0.15, -0.1) is 0 Å². The van der Waals surface area contributed by atoms with E-state index in [1.54, 1.807) is 0 Å². The largest absolute Gasteiger partial charge is 0.478 e. The van der Waals surface area contributed by atoms with Crippen LogP contribution in [0.3, 0.4) is 0 Å². The van der Waals surface area contributed by atoms with Gasteiger partial charge in [0.05, 0.1) is 0 Å². The first kappa shape index (κ1) is 12.2. The number of hydrogen-bond acceptors (Lipinski definition) is 2. The Morgan fingerprint density at radius 2 is 1.93 bits per heavy atom. The van der Waals surface area contributed by atoms with Crippen molar-refractivity contribution in [3.63, 3.8) is 0 Å². The number of carboxylic acid groups (broad SMARTS) is 1. The molecule has 0 aromatic carbocycles. The highest BCUT2D eigenvalue weighted by atomic mass is 16.4. The lowest BCUT2D eigenvalue weighted by Crippen LogP contribution is -2.29. The van der Waals surface area contributed by atoms with Gasteiger partial charge in [-0.2, -0.15) is 0 Å². The fourth-order valence-corrected chi connectivity index (χ4v) is 2.05. The van der Waals surface area contributed by atoms with Crippen molar-refractivity contribution >= 4 is 5.97 Å². The van der Waals surface area contributed by atoms with Gasteiger partial charge >= 0.3 is 5.97 Å². The van der Waals surface area contributed by atoms with Crippen LogP contribution in [0.2, 0.25) is 0 Å².